The molecule has 2 aromatic carbocycles. The number of thiazole rings is 1. The highest BCUT2D eigenvalue weighted by Crippen LogP contribution is 2.34. The average Bonchev–Trinajstić information content (AvgIpc) is 3.22. The molecule has 0 N–H and O–H groups in total. The first-order valence-corrected chi connectivity index (χ1v) is 12.7. The third-order valence-electron chi connectivity index (χ3n) is 5.06. The molecule has 1 amide bonds. The predicted octanol–water partition coefficient (Wildman–Crippen LogP) is 5.55. The summed E-state index contributed by atoms with van der Waals surface area (Å²) in [6, 6.07) is 16.2. The van der Waals surface area contributed by atoms with Gasteiger partial charge in [-0.2, -0.15) is 0 Å². The van der Waals surface area contributed by atoms with Crippen LogP contribution in [-0.2, 0) is 4.79 Å². The van der Waals surface area contributed by atoms with E-state index in [2.05, 4.69) is 30.9 Å². The van der Waals surface area contributed by atoms with Crippen molar-refractivity contribution in [3.8, 4) is 5.75 Å². The number of likely N-dealkylation sites (N-methyl/N-ethyl adjacent to an activating group) is 1. The van der Waals surface area contributed by atoms with Gasteiger partial charge in [0.25, 0.3) is 0 Å². The number of carbonyl (C=O) groups excluding carboxylic acids is 1. The summed E-state index contributed by atoms with van der Waals surface area (Å²) in [5, 5.41) is 0.754. The maximum atomic E-state index is 13.2. The number of amides is 1. The summed E-state index contributed by atoms with van der Waals surface area (Å²) >= 11 is 3.27. The van der Waals surface area contributed by atoms with Gasteiger partial charge in [0.2, 0.25) is 5.91 Å². The fraction of sp³-hybridized carbons (Fsp3) is 0.417. The number of ether oxygens (including phenoxy) is 1. The second-order valence-electron chi connectivity index (χ2n) is 7.02. The summed E-state index contributed by atoms with van der Waals surface area (Å²) in [5.74, 6) is 1.64. The van der Waals surface area contributed by atoms with Crippen molar-refractivity contribution in [2.24, 2.45) is 0 Å². The lowest BCUT2D eigenvalue weighted by Crippen LogP contribution is -2.39. The zero-order valence-electron chi connectivity index (χ0n) is 18.5. The van der Waals surface area contributed by atoms with Crippen molar-refractivity contribution in [1.29, 1.82) is 0 Å². The van der Waals surface area contributed by atoms with Gasteiger partial charge in [-0.15, -0.1) is 11.8 Å². The first kappa shape index (κ1) is 23.6. The van der Waals surface area contributed by atoms with Crippen LogP contribution in [0.15, 0.2) is 53.4 Å². The molecular weight excluding hydrogens is 426 g/mol. The number of hydrogen-bond donors (Lipinski definition) is 0. The zero-order chi connectivity index (χ0) is 22.1. The number of para-hydroxylation sites is 1. The van der Waals surface area contributed by atoms with Crippen LogP contribution in [0, 0.1) is 0 Å². The number of aromatic nitrogens is 1. The minimum atomic E-state index is 0.118. The lowest BCUT2D eigenvalue weighted by Gasteiger charge is -2.24. The average molecular weight is 458 g/mol. The third kappa shape index (κ3) is 6.45. The molecule has 0 saturated heterocycles. The molecule has 3 aromatic rings. The molecule has 166 valence electrons. The number of anilines is 1. The summed E-state index contributed by atoms with van der Waals surface area (Å²) in [6.07, 6.45) is 0.478. The van der Waals surface area contributed by atoms with E-state index in [1.54, 1.807) is 23.1 Å². The second kappa shape index (κ2) is 12.1. The Morgan fingerprint density at radius 1 is 1.03 bits per heavy atom. The highest BCUT2D eigenvalue weighted by molar-refractivity contribution is 7.99. The minimum Gasteiger partial charge on any atom is -0.492 e. The predicted molar refractivity (Wildman–Crippen MR) is 133 cm³/mol. The van der Waals surface area contributed by atoms with Gasteiger partial charge in [-0.1, -0.05) is 49.4 Å². The SMILES string of the molecule is CCOc1cccc2sc(N(CCN(CC)CC)C(=O)CCSc3ccccc3)nc12. The zero-order valence-corrected chi connectivity index (χ0v) is 20.2. The molecule has 3 rings (SSSR count). The first-order valence-electron chi connectivity index (χ1n) is 10.9. The highest BCUT2D eigenvalue weighted by atomic mass is 32.2. The third-order valence-corrected chi connectivity index (χ3v) is 7.12. The standard InChI is InChI=1S/C24H31N3O2S2/c1-4-26(5-2)16-17-27(22(28)15-18-30-19-11-8-7-9-12-19)24-25-23-20(29-6-3)13-10-14-21(23)31-24/h7-14H,4-6,15-18H2,1-3H3. The molecule has 0 spiro atoms. The topological polar surface area (TPSA) is 45.7 Å². The maximum absolute atomic E-state index is 13.2. The smallest absolute Gasteiger partial charge is 0.229 e. The van der Waals surface area contributed by atoms with Crippen LogP contribution in [0.2, 0.25) is 0 Å². The molecule has 0 aliphatic heterocycles. The van der Waals surface area contributed by atoms with Crippen LogP contribution in [0.25, 0.3) is 10.2 Å². The van der Waals surface area contributed by atoms with E-state index in [9.17, 15) is 4.79 Å². The van der Waals surface area contributed by atoms with Crippen LogP contribution in [0.3, 0.4) is 0 Å². The van der Waals surface area contributed by atoms with Crippen molar-refractivity contribution in [2.75, 3.05) is 43.4 Å². The molecule has 1 aromatic heterocycles. The molecule has 0 fully saturated rings. The largest absolute Gasteiger partial charge is 0.492 e. The molecule has 0 radical (unpaired) electrons. The van der Waals surface area contributed by atoms with Gasteiger partial charge in [-0.3, -0.25) is 9.69 Å². The normalized spacial score (nSPS) is 11.2. The van der Waals surface area contributed by atoms with Crippen LogP contribution >= 0.6 is 23.1 Å². The van der Waals surface area contributed by atoms with Gasteiger partial charge in [0, 0.05) is 30.2 Å². The van der Waals surface area contributed by atoms with E-state index in [-0.39, 0.29) is 5.91 Å². The number of rotatable bonds is 12. The number of nitrogens with zero attached hydrogens (tertiary/aromatic N) is 3. The Hall–Kier alpha value is -2.09. The van der Waals surface area contributed by atoms with Crippen LogP contribution in [0.5, 0.6) is 5.75 Å². The molecule has 0 unspecified atom stereocenters. The molecule has 0 aliphatic rings. The van der Waals surface area contributed by atoms with E-state index in [1.807, 2.05) is 48.2 Å². The van der Waals surface area contributed by atoms with Crippen molar-refractivity contribution in [3.63, 3.8) is 0 Å². The molecule has 0 aliphatic carbocycles. The van der Waals surface area contributed by atoms with E-state index >= 15 is 0 Å². The van der Waals surface area contributed by atoms with Crippen LogP contribution in [0.1, 0.15) is 27.2 Å². The maximum Gasteiger partial charge on any atom is 0.229 e. The van der Waals surface area contributed by atoms with Crippen LogP contribution in [-0.4, -0.2) is 54.3 Å². The Kier molecular flexibility index (Phi) is 9.18. The Labute approximate surface area is 193 Å². The fourth-order valence-electron chi connectivity index (χ4n) is 3.32. The van der Waals surface area contributed by atoms with Crippen LogP contribution < -0.4 is 9.64 Å². The van der Waals surface area contributed by atoms with Gasteiger partial charge < -0.3 is 9.64 Å². The molecule has 0 bridgehead atoms. The Balaban J connectivity index is 1.77. The summed E-state index contributed by atoms with van der Waals surface area (Å²) in [7, 11) is 0. The number of benzene rings is 2. The molecule has 1 heterocycles. The number of thioether (sulfide) groups is 1. The van der Waals surface area contributed by atoms with Crippen LogP contribution in [0.4, 0.5) is 5.13 Å². The number of carbonyl (C=O) groups is 1. The van der Waals surface area contributed by atoms with Gasteiger partial charge >= 0.3 is 0 Å². The van der Waals surface area contributed by atoms with Gasteiger partial charge in [0.05, 0.1) is 11.3 Å². The van der Waals surface area contributed by atoms with Gasteiger partial charge in [0.15, 0.2) is 5.13 Å². The van der Waals surface area contributed by atoms with E-state index in [0.29, 0.717) is 19.6 Å². The van der Waals surface area contributed by atoms with Crippen molar-refractivity contribution < 1.29 is 9.53 Å². The highest BCUT2D eigenvalue weighted by Gasteiger charge is 2.21. The van der Waals surface area contributed by atoms with Gasteiger partial charge in [-0.25, -0.2) is 4.98 Å². The summed E-state index contributed by atoms with van der Waals surface area (Å²) in [5.41, 5.74) is 0.837. The molecule has 5 nitrogen and oxygen atoms in total. The lowest BCUT2D eigenvalue weighted by atomic mass is 10.3. The molecular formula is C24H31N3O2S2. The molecule has 0 saturated carbocycles. The van der Waals surface area contributed by atoms with E-state index in [1.165, 1.54) is 4.90 Å². The van der Waals surface area contributed by atoms with Crippen molar-refractivity contribution >= 4 is 44.4 Å². The van der Waals surface area contributed by atoms with Crippen molar-refractivity contribution in [3.05, 3.63) is 48.5 Å². The van der Waals surface area contributed by atoms with Crippen molar-refractivity contribution in [2.45, 2.75) is 32.1 Å². The quantitative estimate of drug-likeness (QED) is 0.334. The Bertz CT molecular complexity index is 958. The first-order chi connectivity index (χ1) is 15.2. The van der Waals surface area contributed by atoms with Crippen molar-refractivity contribution in [1.82, 2.24) is 9.88 Å². The molecule has 31 heavy (non-hydrogen) atoms. The van der Waals surface area contributed by atoms with E-state index < -0.39 is 0 Å². The minimum absolute atomic E-state index is 0.118. The summed E-state index contributed by atoms with van der Waals surface area (Å²) in [6.45, 7) is 10.3. The van der Waals surface area contributed by atoms with E-state index in [0.717, 1.165) is 46.5 Å². The molecule has 0 atom stereocenters. The molecule has 7 heteroatoms. The van der Waals surface area contributed by atoms with E-state index in [4.69, 9.17) is 9.72 Å². The van der Waals surface area contributed by atoms with Gasteiger partial charge in [0.1, 0.15) is 11.3 Å². The number of hydrogen-bond acceptors (Lipinski definition) is 6. The van der Waals surface area contributed by atoms with Gasteiger partial charge in [-0.05, 0) is 44.3 Å². The number of fused-ring (bicyclic) bond motifs is 1. The monoisotopic (exact) mass is 457 g/mol. The fourth-order valence-corrected chi connectivity index (χ4v) is 5.20. The summed E-state index contributed by atoms with van der Waals surface area (Å²) in [4.78, 5) is 23.4. The Morgan fingerprint density at radius 3 is 2.52 bits per heavy atom. The Morgan fingerprint density at radius 2 is 1.81 bits per heavy atom. The summed E-state index contributed by atoms with van der Waals surface area (Å²) < 4.78 is 6.79. The lowest BCUT2D eigenvalue weighted by molar-refractivity contribution is -0.118. The second-order valence-corrected chi connectivity index (χ2v) is 9.19.